The Balaban J connectivity index is 2.33. The molecule has 0 aliphatic rings. The van der Waals surface area contributed by atoms with Gasteiger partial charge in [0.15, 0.2) is 0 Å². The lowest BCUT2D eigenvalue weighted by Gasteiger charge is -2.20. The molecule has 2 rings (SSSR count). The predicted molar refractivity (Wildman–Crippen MR) is 85.4 cm³/mol. The number of rotatable bonds is 6. The predicted octanol–water partition coefficient (Wildman–Crippen LogP) is 2.77. The number of carbonyl (C=O) groups excluding carboxylic acids is 1. The molecule has 1 aromatic heterocycles. The second-order valence-electron chi connectivity index (χ2n) is 4.39. The molecule has 0 saturated heterocycles. The van der Waals surface area contributed by atoms with Crippen LogP contribution in [0, 0.1) is 0 Å². The highest BCUT2D eigenvalue weighted by atomic mass is 35.5. The number of hydrogen-bond acceptors (Lipinski definition) is 5. The van der Waals surface area contributed by atoms with E-state index in [0.717, 1.165) is 21.2 Å². The minimum Gasteiger partial charge on any atom is -0.468 e. The standard InChI is InChI=1S/C14H14ClNO4S2/c1-20-13(17)10-16(9-11-5-3-2-4-6-11)22(18,19)14-8-7-12(15)21-14/h2-8H,9-10H2,1H3. The van der Waals surface area contributed by atoms with Gasteiger partial charge in [-0.25, -0.2) is 8.42 Å². The van der Waals surface area contributed by atoms with Crippen LogP contribution in [0.5, 0.6) is 0 Å². The summed E-state index contributed by atoms with van der Waals surface area (Å²) in [4.78, 5) is 11.5. The molecule has 0 amide bonds. The molecule has 22 heavy (non-hydrogen) atoms. The van der Waals surface area contributed by atoms with Gasteiger partial charge in [-0.05, 0) is 17.7 Å². The van der Waals surface area contributed by atoms with E-state index in [2.05, 4.69) is 4.74 Å². The van der Waals surface area contributed by atoms with Gasteiger partial charge in [-0.1, -0.05) is 41.9 Å². The fraction of sp³-hybridized carbons (Fsp3) is 0.214. The highest BCUT2D eigenvalue weighted by molar-refractivity contribution is 7.91. The average Bonchev–Trinajstić information content (AvgIpc) is 2.95. The minimum absolute atomic E-state index is 0.0772. The summed E-state index contributed by atoms with van der Waals surface area (Å²) in [5.74, 6) is -0.623. The fourth-order valence-electron chi connectivity index (χ4n) is 1.79. The minimum atomic E-state index is -3.82. The molecule has 0 spiro atoms. The van der Waals surface area contributed by atoms with Gasteiger partial charge in [0, 0.05) is 6.54 Å². The largest absolute Gasteiger partial charge is 0.468 e. The summed E-state index contributed by atoms with van der Waals surface area (Å²) in [5, 5.41) is 0. The Bertz CT molecular complexity index is 743. The molecule has 0 atom stereocenters. The Kier molecular flexibility index (Phi) is 5.57. The number of benzene rings is 1. The number of thiophene rings is 1. The van der Waals surface area contributed by atoms with E-state index in [-0.39, 0.29) is 17.3 Å². The van der Waals surface area contributed by atoms with Crippen molar-refractivity contribution in [1.29, 1.82) is 0 Å². The second kappa shape index (κ2) is 7.23. The van der Waals surface area contributed by atoms with Crippen LogP contribution in [0.2, 0.25) is 4.34 Å². The third-order valence-electron chi connectivity index (χ3n) is 2.88. The van der Waals surface area contributed by atoms with Gasteiger partial charge in [0.05, 0.1) is 11.4 Å². The molecular formula is C14H14ClNO4S2. The van der Waals surface area contributed by atoms with Gasteiger partial charge in [-0.15, -0.1) is 11.3 Å². The summed E-state index contributed by atoms with van der Waals surface area (Å²) >= 11 is 6.76. The molecule has 1 aromatic carbocycles. The van der Waals surface area contributed by atoms with Crippen molar-refractivity contribution < 1.29 is 17.9 Å². The summed E-state index contributed by atoms with van der Waals surface area (Å²) in [5.41, 5.74) is 0.776. The van der Waals surface area contributed by atoms with E-state index in [1.807, 2.05) is 6.07 Å². The topological polar surface area (TPSA) is 63.7 Å². The first kappa shape index (κ1) is 17.0. The van der Waals surface area contributed by atoms with Crippen molar-refractivity contribution in [1.82, 2.24) is 4.31 Å². The lowest BCUT2D eigenvalue weighted by atomic mass is 10.2. The van der Waals surface area contributed by atoms with Crippen LogP contribution in [0.4, 0.5) is 0 Å². The van der Waals surface area contributed by atoms with Crippen molar-refractivity contribution in [2.24, 2.45) is 0 Å². The molecular weight excluding hydrogens is 346 g/mol. The molecule has 8 heteroatoms. The maximum absolute atomic E-state index is 12.7. The number of carbonyl (C=O) groups is 1. The Hall–Kier alpha value is -1.41. The maximum Gasteiger partial charge on any atom is 0.321 e. The van der Waals surface area contributed by atoms with Gasteiger partial charge >= 0.3 is 5.97 Å². The number of sulfonamides is 1. The van der Waals surface area contributed by atoms with E-state index in [9.17, 15) is 13.2 Å². The zero-order valence-corrected chi connectivity index (χ0v) is 14.1. The smallest absolute Gasteiger partial charge is 0.321 e. The average molecular weight is 360 g/mol. The zero-order valence-electron chi connectivity index (χ0n) is 11.7. The van der Waals surface area contributed by atoms with Crippen LogP contribution in [-0.2, 0) is 26.1 Å². The van der Waals surface area contributed by atoms with Crippen LogP contribution >= 0.6 is 22.9 Å². The summed E-state index contributed by atoms with van der Waals surface area (Å²) < 4.78 is 31.5. The van der Waals surface area contributed by atoms with Crippen LogP contribution < -0.4 is 0 Å². The molecule has 0 radical (unpaired) electrons. The fourth-order valence-corrected chi connectivity index (χ4v) is 4.79. The van der Waals surface area contributed by atoms with E-state index >= 15 is 0 Å². The molecule has 2 aromatic rings. The first-order valence-corrected chi connectivity index (χ1v) is 8.93. The highest BCUT2D eigenvalue weighted by Crippen LogP contribution is 2.28. The zero-order chi connectivity index (χ0) is 16.2. The van der Waals surface area contributed by atoms with Gasteiger partial charge in [0.1, 0.15) is 10.8 Å². The Morgan fingerprint density at radius 1 is 1.23 bits per heavy atom. The van der Waals surface area contributed by atoms with Gasteiger partial charge in [-0.2, -0.15) is 4.31 Å². The monoisotopic (exact) mass is 359 g/mol. The van der Waals surface area contributed by atoms with E-state index in [0.29, 0.717) is 4.34 Å². The first-order valence-electron chi connectivity index (χ1n) is 6.29. The third kappa shape index (κ3) is 4.07. The number of nitrogens with zero attached hydrogens (tertiary/aromatic N) is 1. The van der Waals surface area contributed by atoms with Crippen LogP contribution in [-0.4, -0.2) is 32.3 Å². The van der Waals surface area contributed by atoms with Crippen molar-refractivity contribution in [3.05, 3.63) is 52.4 Å². The number of ether oxygens (including phenoxy) is 1. The van der Waals surface area contributed by atoms with Gasteiger partial charge in [0.2, 0.25) is 0 Å². The molecule has 0 aliphatic carbocycles. The lowest BCUT2D eigenvalue weighted by Crippen LogP contribution is -2.35. The number of halogens is 1. The van der Waals surface area contributed by atoms with Crippen LogP contribution in [0.25, 0.3) is 0 Å². The summed E-state index contributed by atoms with van der Waals surface area (Å²) in [6.07, 6.45) is 0. The molecule has 5 nitrogen and oxygen atoms in total. The van der Waals surface area contributed by atoms with E-state index in [4.69, 9.17) is 11.6 Å². The Morgan fingerprint density at radius 3 is 2.45 bits per heavy atom. The summed E-state index contributed by atoms with van der Waals surface area (Å²) in [6.45, 7) is -0.281. The third-order valence-corrected chi connectivity index (χ3v) is 6.37. The number of esters is 1. The maximum atomic E-state index is 12.7. The van der Waals surface area contributed by atoms with Gasteiger partial charge < -0.3 is 4.74 Å². The van der Waals surface area contributed by atoms with Crippen molar-refractivity contribution in [2.45, 2.75) is 10.8 Å². The molecule has 1 heterocycles. The molecule has 0 N–H and O–H groups in total. The quantitative estimate of drug-likeness (QED) is 0.744. The van der Waals surface area contributed by atoms with Crippen molar-refractivity contribution in [3.8, 4) is 0 Å². The van der Waals surface area contributed by atoms with Crippen LogP contribution in [0.3, 0.4) is 0 Å². The molecule has 0 fully saturated rings. The van der Waals surface area contributed by atoms with Crippen LogP contribution in [0.1, 0.15) is 5.56 Å². The molecule has 0 unspecified atom stereocenters. The van der Waals surface area contributed by atoms with E-state index in [1.54, 1.807) is 24.3 Å². The number of hydrogen-bond donors (Lipinski definition) is 0. The van der Waals surface area contributed by atoms with Gasteiger partial charge in [0.25, 0.3) is 10.0 Å². The van der Waals surface area contributed by atoms with Crippen molar-refractivity contribution in [2.75, 3.05) is 13.7 Å². The molecule has 0 aliphatic heterocycles. The molecule has 0 bridgehead atoms. The van der Waals surface area contributed by atoms with E-state index in [1.165, 1.54) is 19.2 Å². The SMILES string of the molecule is COC(=O)CN(Cc1ccccc1)S(=O)(=O)c1ccc(Cl)s1. The summed E-state index contributed by atoms with van der Waals surface area (Å²) in [7, 11) is -2.60. The molecule has 118 valence electrons. The Labute approximate surface area is 138 Å². The van der Waals surface area contributed by atoms with Crippen molar-refractivity contribution in [3.63, 3.8) is 0 Å². The lowest BCUT2D eigenvalue weighted by molar-refractivity contribution is -0.140. The highest BCUT2D eigenvalue weighted by Gasteiger charge is 2.28. The number of methoxy groups -OCH3 is 1. The van der Waals surface area contributed by atoms with Crippen molar-refractivity contribution >= 4 is 38.9 Å². The van der Waals surface area contributed by atoms with Crippen LogP contribution in [0.15, 0.2) is 46.7 Å². The first-order chi connectivity index (χ1) is 10.4. The Morgan fingerprint density at radius 2 is 1.91 bits per heavy atom. The van der Waals surface area contributed by atoms with Gasteiger partial charge in [-0.3, -0.25) is 4.79 Å². The molecule has 0 saturated carbocycles. The normalized spacial score (nSPS) is 11.6. The second-order valence-corrected chi connectivity index (χ2v) is 8.27. The summed E-state index contributed by atoms with van der Waals surface area (Å²) in [6, 6.07) is 12.0. The van der Waals surface area contributed by atoms with E-state index < -0.39 is 16.0 Å².